The molecule has 1 aromatic carbocycles. The van der Waals surface area contributed by atoms with Crippen LogP contribution in [0, 0.1) is 19.3 Å². The predicted molar refractivity (Wildman–Crippen MR) is 79.1 cm³/mol. The molecule has 0 aromatic heterocycles. The number of amidine groups is 1. The Morgan fingerprint density at radius 2 is 2.28 bits per heavy atom. The van der Waals surface area contributed by atoms with Gasteiger partial charge in [-0.05, 0) is 12.5 Å². The Kier molecular flexibility index (Phi) is 4.43. The lowest BCUT2D eigenvalue weighted by molar-refractivity contribution is 0.499. The van der Waals surface area contributed by atoms with E-state index < -0.39 is 0 Å². The van der Waals surface area contributed by atoms with Gasteiger partial charge >= 0.3 is 0 Å². The predicted octanol–water partition coefficient (Wildman–Crippen LogP) is 2.37. The van der Waals surface area contributed by atoms with Crippen LogP contribution in [-0.4, -0.2) is 35.2 Å². The Bertz CT molecular complexity index is 497. The number of hydrogen-bond acceptors (Lipinski definition) is 4. The molecule has 0 unspecified atom stereocenters. The van der Waals surface area contributed by atoms with Crippen LogP contribution in [0.1, 0.15) is 11.1 Å². The number of rotatable bonds is 3. The Hall–Kier alpha value is -1.73. The van der Waals surface area contributed by atoms with Crippen molar-refractivity contribution in [3.05, 3.63) is 35.4 Å². The lowest BCUT2D eigenvalue weighted by atomic mass is 10.2. The second-order valence-electron chi connectivity index (χ2n) is 3.94. The van der Waals surface area contributed by atoms with Crippen LogP contribution < -0.4 is 0 Å². The van der Waals surface area contributed by atoms with Crippen molar-refractivity contribution in [1.29, 1.82) is 0 Å². The topological polar surface area (TPSA) is 28.0 Å². The summed E-state index contributed by atoms with van der Waals surface area (Å²) in [6.45, 7) is 3.69. The molecule has 0 saturated heterocycles. The number of nitrogens with zero attached hydrogens (tertiary/aromatic N) is 3. The van der Waals surface area contributed by atoms with Gasteiger partial charge in [-0.15, -0.1) is 6.42 Å². The van der Waals surface area contributed by atoms with Gasteiger partial charge in [0.25, 0.3) is 0 Å². The SMILES string of the molecule is C#CCSC1=NCCN1/N=C/c1ccc(C)cc1. The number of benzene rings is 1. The molecule has 1 aliphatic heterocycles. The minimum Gasteiger partial charge on any atom is -0.259 e. The zero-order valence-corrected chi connectivity index (χ0v) is 11.2. The quantitative estimate of drug-likeness (QED) is 0.614. The van der Waals surface area contributed by atoms with E-state index in [1.807, 2.05) is 11.2 Å². The smallest absolute Gasteiger partial charge is 0.180 e. The molecule has 1 aromatic rings. The average molecular weight is 257 g/mol. The first-order valence-electron chi connectivity index (χ1n) is 5.78. The summed E-state index contributed by atoms with van der Waals surface area (Å²) in [6, 6.07) is 8.27. The van der Waals surface area contributed by atoms with Crippen molar-refractivity contribution in [1.82, 2.24) is 5.01 Å². The fraction of sp³-hybridized carbons (Fsp3) is 0.286. The standard InChI is InChI=1S/C14H15N3S/c1-3-10-18-14-15-8-9-17(14)16-11-13-6-4-12(2)5-7-13/h1,4-7,11H,8-10H2,2H3/b16-11+. The third-order valence-corrected chi connectivity index (χ3v) is 3.40. The normalized spacial score (nSPS) is 14.9. The van der Waals surface area contributed by atoms with E-state index in [2.05, 4.69) is 47.2 Å². The van der Waals surface area contributed by atoms with Crippen molar-refractivity contribution in [3.8, 4) is 12.3 Å². The molecule has 18 heavy (non-hydrogen) atoms. The number of hydrazone groups is 1. The van der Waals surface area contributed by atoms with Crippen LogP contribution in [0.4, 0.5) is 0 Å². The van der Waals surface area contributed by atoms with Gasteiger partial charge in [0.15, 0.2) is 5.17 Å². The molecular weight excluding hydrogens is 242 g/mol. The molecule has 0 radical (unpaired) electrons. The van der Waals surface area contributed by atoms with E-state index in [0.29, 0.717) is 5.75 Å². The summed E-state index contributed by atoms with van der Waals surface area (Å²) in [4.78, 5) is 4.38. The van der Waals surface area contributed by atoms with Crippen molar-refractivity contribution < 1.29 is 0 Å². The zero-order chi connectivity index (χ0) is 12.8. The van der Waals surface area contributed by atoms with Gasteiger partial charge in [-0.3, -0.25) is 4.99 Å². The van der Waals surface area contributed by atoms with Crippen LogP contribution in [0.2, 0.25) is 0 Å². The maximum Gasteiger partial charge on any atom is 0.180 e. The second kappa shape index (κ2) is 6.27. The number of hydrogen-bond donors (Lipinski definition) is 0. The molecule has 0 aliphatic carbocycles. The van der Waals surface area contributed by atoms with Gasteiger partial charge < -0.3 is 0 Å². The summed E-state index contributed by atoms with van der Waals surface area (Å²) < 4.78 is 0. The molecule has 3 nitrogen and oxygen atoms in total. The van der Waals surface area contributed by atoms with Gasteiger partial charge in [-0.25, -0.2) is 5.01 Å². The second-order valence-corrected chi connectivity index (χ2v) is 4.88. The van der Waals surface area contributed by atoms with E-state index in [9.17, 15) is 0 Å². The van der Waals surface area contributed by atoms with Gasteiger partial charge in [0.05, 0.1) is 25.1 Å². The minimum absolute atomic E-state index is 0.634. The van der Waals surface area contributed by atoms with Crippen LogP contribution in [0.5, 0.6) is 0 Å². The van der Waals surface area contributed by atoms with Gasteiger partial charge in [0.1, 0.15) is 0 Å². The minimum atomic E-state index is 0.634. The summed E-state index contributed by atoms with van der Waals surface area (Å²) in [5.74, 6) is 3.23. The highest BCUT2D eigenvalue weighted by molar-refractivity contribution is 8.13. The van der Waals surface area contributed by atoms with Crippen LogP contribution in [-0.2, 0) is 0 Å². The molecule has 0 spiro atoms. The van der Waals surface area contributed by atoms with Crippen LogP contribution in [0.15, 0.2) is 34.4 Å². The van der Waals surface area contributed by atoms with E-state index in [0.717, 1.165) is 23.8 Å². The van der Waals surface area contributed by atoms with E-state index in [1.54, 1.807) is 11.8 Å². The van der Waals surface area contributed by atoms with Crippen molar-refractivity contribution in [2.75, 3.05) is 18.8 Å². The molecule has 0 fully saturated rings. The van der Waals surface area contributed by atoms with Gasteiger partial charge in [-0.1, -0.05) is 47.5 Å². The number of aryl methyl sites for hydroxylation is 1. The summed E-state index contributed by atoms with van der Waals surface area (Å²) in [5.41, 5.74) is 2.34. The van der Waals surface area contributed by atoms with Crippen LogP contribution in [0.3, 0.4) is 0 Å². The van der Waals surface area contributed by atoms with E-state index in [-0.39, 0.29) is 0 Å². The Labute approximate surface area is 112 Å². The third kappa shape index (κ3) is 3.38. The molecule has 0 atom stereocenters. The van der Waals surface area contributed by atoms with Crippen LogP contribution in [0.25, 0.3) is 0 Å². The molecule has 4 heteroatoms. The molecule has 0 amide bonds. The maximum atomic E-state index is 5.25. The largest absolute Gasteiger partial charge is 0.259 e. The Morgan fingerprint density at radius 3 is 3.00 bits per heavy atom. The first kappa shape index (κ1) is 12.7. The van der Waals surface area contributed by atoms with Crippen LogP contribution >= 0.6 is 11.8 Å². The molecule has 0 bridgehead atoms. The lowest BCUT2D eigenvalue weighted by Gasteiger charge is -2.12. The highest BCUT2D eigenvalue weighted by atomic mass is 32.2. The molecule has 92 valence electrons. The summed E-state index contributed by atoms with van der Waals surface area (Å²) >= 11 is 1.56. The molecule has 2 rings (SSSR count). The highest BCUT2D eigenvalue weighted by Crippen LogP contribution is 2.14. The third-order valence-electron chi connectivity index (χ3n) is 2.49. The van der Waals surface area contributed by atoms with Gasteiger partial charge in [-0.2, -0.15) is 5.10 Å². The van der Waals surface area contributed by atoms with E-state index >= 15 is 0 Å². The fourth-order valence-electron chi connectivity index (χ4n) is 1.54. The van der Waals surface area contributed by atoms with Gasteiger partial charge in [0, 0.05) is 0 Å². The number of thioether (sulfide) groups is 1. The van der Waals surface area contributed by atoms with Crippen molar-refractivity contribution >= 4 is 23.1 Å². The zero-order valence-electron chi connectivity index (χ0n) is 10.3. The van der Waals surface area contributed by atoms with Crippen molar-refractivity contribution in [2.45, 2.75) is 6.92 Å². The number of aliphatic imine (C=N–C) groups is 1. The first-order valence-corrected chi connectivity index (χ1v) is 6.77. The average Bonchev–Trinajstić information content (AvgIpc) is 2.83. The van der Waals surface area contributed by atoms with E-state index in [1.165, 1.54) is 5.56 Å². The lowest BCUT2D eigenvalue weighted by Crippen LogP contribution is -2.19. The van der Waals surface area contributed by atoms with E-state index in [4.69, 9.17) is 6.42 Å². The monoisotopic (exact) mass is 257 g/mol. The van der Waals surface area contributed by atoms with Gasteiger partial charge in [0.2, 0.25) is 0 Å². The summed E-state index contributed by atoms with van der Waals surface area (Å²) in [5, 5.41) is 7.26. The molecular formula is C14H15N3S. The Balaban J connectivity index is 1.98. The number of terminal acetylenes is 1. The maximum absolute atomic E-state index is 5.25. The summed E-state index contributed by atoms with van der Waals surface area (Å²) in [7, 11) is 0. The molecule has 1 heterocycles. The summed E-state index contributed by atoms with van der Waals surface area (Å²) in [6.07, 6.45) is 7.11. The first-order chi connectivity index (χ1) is 8.79. The van der Waals surface area contributed by atoms with Crippen molar-refractivity contribution in [2.24, 2.45) is 10.1 Å². The fourth-order valence-corrected chi connectivity index (χ4v) is 2.22. The molecule has 0 saturated carbocycles. The van der Waals surface area contributed by atoms with Crippen molar-refractivity contribution in [3.63, 3.8) is 0 Å². The highest BCUT2D eigenvalue weighted by Gasteiger charge is 2.15. The Morgan fingerprint density at radius 1 is 1.50 bits per heavy atom. The molecule has 1 aliphatic rings. The molecule has 0 N–H and O–H groups in total.